The van der Waals surface area contributed by atoms with E-state index in [-0.39, 0.29) is 17.3 Å². The van der Waals surface area contributed by atoms with Gasteiger partial charge in [-0.1, -0.05) is 38.4 Å². The topological polar surface area (TPSA) is 52.3 Å². The standard InChI is InChI=1S/C16H22ClNO2/c1-10(19)20-16(8-7-14(16)15(2,3)4)11-5-6-12(17)13(18)9-11/h5-6,9,14H,7-8,18H2,1-4H3. The molecule has 0 bridgehead atoms. The molecule has 1 aromatic rings. The van der Waals surface area contributed by atoms with Crippen LogP contribution in [-0.4, -0.2) is 5.97 Å². The molecule has 20 heavy (non-hydrogen) atoms. The Balaban J connectivity index is 2.47. The zero-order valence-corrected chi connectivity index (χ0v) is 13.3. The van der Waals surface area contributed by atoms with Crippen LogP contribution in [0.2, 0.25) is 5.02 Å². The largest absolute Gasteiger partial charge is 0.454 e. The normalized spacial score (nSPS) is 25.9. The highest BCUT2D eigenvalue weighted by Gasteiger charge is 2.55. The smallest absolute Gasteiger partial charge is 0.303 e. The highest BCUT2D eigenvalue weighted by molar-refractivity contribution is 6.33. The molecule has 0 heterocycles. The van der Waals surface area contributed by atoms with Gasteiger partial charge >= 0.3 is 5.97 Å². The van der Waals surface area contributed by atoms with Crippen LogP contribution in [0.4, 0.5) is 5.69 Å². The molecule has 1 aliphatic rings. The molecule has 110 valence electrons. The van der Waals surface area contributed by atoms with E-state index >= 15 is 0 Å². The van der Waals surface area contributed by atoms with Crippen molar-refractivity contribution >= 4 is 23.3 Å². The monoisotopic (exact) mass is 295 g/mol. The van der Waals surface area contributed by atoms with E-state index in [1.54, 1.807) is 6.07 Å². The van der Waals surface area contributed by atoms with Crippen molar-refractivity contribution in [1.29, 1.82) is 0 Å². The van der Waals surface area contributed by atoms with Gasteiger partial charge in [0.1, 0.15) is 5.60 Å². The van der Waals surface area contributed by atoms with Crippen LogP contribution in [-0.2, 0) is 15.1 Å². The van der Waals surface area contributed by atoms with Crippen LogP contribution in [0.15, 0.2) is 18.2 Å². The van der Waals surface area contributed by atoms with Crippen LogP contribution in [0.5, 0.6) is 0 Å². The van der Waals surface area contributed by atoms with Gasteiger partial charge in [-0.2, -0.15) is 0 Å². The average Bonchev–Trinajstić information content (AvgIpc) is 2.25. The Labute approximate surface area is 125 Å². The first-order valence-electron chi connectivity index (χ1n) is 6.92. The van der Waals surface area contributed by atoms with Crippen molar-refractivity contribution in [2.45, 2.75) is 46.1 Å². The molecule has 1 saturated carbocycles. The van der Waals surface area contributed by atoms with Crippen molar-refractivity contribution in [3.8, 4) is 0 Å². The summed E-state index contributed by atoms with van der Waals surface area (Å²) in [5.74, 6) is 0.0203. The van der Waals surface area contributed by atoms with Crippen LogP contribution in [0, 0.1) is 11.3 Å². The zero-order chi connectivity index (χ0) is 15.1. The van der Waals surface area contributed by atoms with Gasteiger partial charge in [0.2, 0.25) is 0 Å². The number of hydrogen-bond acceptors (Lipinski definition) is 3. The predicted molar refractivity (Wildman–Crippen MR) is 81.5 cm³/mol. The van der Waals surface area contributed by atoms with Gasteiger partial charge < -0.3 is 10.5 Å². The molecule has 1 fully saturated rings. The minimum atomic E-state index is -0.567. The Morgan fingerprint density at radius 1 is 1.45 bits per heavy atom. The third-order valence-electron chi connectivity index (χ3n) is 4.22. The minimum absolute atomic E-state index is 0.0576. The molecule has 2 atom stereocenters. The Hall–Kier alpha value is -1.22. The molecular weight excluding hydrogens is 274 g/mol. The number of ether oxygens (including phenoxy) is 1. The molecule has 0 aromatic heterocycles. The van der Waals surface area contributed by atoms with Crippen molar-refractivity contribution in [3.63, 3.8) is 0 Å². The Morgan fingerprint density at radius 2 is 2.10 bits per heavy atom. The quantitative estimate of drug-likeness (QED) is 0.659. The van der Waals surface area contributed by atoms with Crippen molar-refractivity contribution in [2.24, 2.45) is 11.3 Å². The lowest BCUT2D eigenvalue weighted by Gasteiger charge is -2.54. The van der Waals surface area contributed by atoms with Crippen LogP contribution in [0.25, 0.3) is 0 Å². The third kappa shape index (κ3) is 2.51. The van der Waals surface area contributed by atoms with Gasteiger partial charge in [0.05, 0.1) is 10.7 Å². The number of nitrogen functional groups attached to an aromatic ring is 1. The van der Waals surface area contributed by atoms with Crippen LogP contribution in [0.1, 0.15) is 46.1 Å². The van der Waals surface area contributed by atoms with Gasteiger partial charge in [-0.3, -0.25) is 4.79 Å². The molecule has 2 rings (SSSR count). The molecule has 0 amide bonds. The Bertz CT molecular complexity index is 536. The summed E-state index contributed by atoms with van der Waals surface area (Å²) in [5, 5.41) is 0.526. The number of anilines is 1. The van der Waals surface area contributed by atoms with Gasteiger partial charge in [0.15, 0.2) is 0 Å². The summed E-state index contributed by atoms with van der Waals surface area (Å²) < 4.78 is 5.76. The number of esters is 1. The number of halogens is 1. The highest BCUT2D eigenvalue weighted by Crippen LogP contribution is 2.57. The summed E-state index contributed by atoms with van der Waals surface area (Å²) in [4.78, 5) is 11.6. The molecule has 3 nitrogen and oxygen atoms in total. The molecule has 1 aromatic carbocycles. The number of nitrogens with two attached hydrogens (primary N) is 1. The minimum Gasteiger partial charge on any atom is -0.454 e. The first-order valence-corrected chi connectivity index (χ1v) is 7.30. The van der Waals surface area contributed by atoms with Crippen molar-refractivity contribution in [1.82, 2.24) is 0 Å². The predicted octanol–water partition coefficient (Wildman–Crippen LogP) is 4.14. The number of rotatable bonds is 2. The second-order valence-corrected chi connectivity index (χ2v) is 7.08. The lowest BCUT2D eigenvalue weighted by atomic mass is 9.56. The van der Waals surface area contributed by atoms with E-state index in [9.17, 15) is 4.79 Å². The second-order valence-electron chi connectivity index (χ2n) is 6.68. The molecule has 0 spiro atoms. The molecule has 0 radical (unpaired) electrons. The van der Waals surface area contributed by atoms with Crippen molar-refractivity contribution < 1.29 is 9.53 Å². The maximum absolute atomic E-state index is 11.6. The fourth-order valence-corrected chi connectivity index (χ4v) is 3.39. The molecule has 0 aliphatic heterocycles. The van der Waals surface area contributed by atoms with E-state index in [1.165, 1.54) is 6.92 Å². The van der Waals surface area contributed by atoms with Crippen molar-refractivity contribution in [2.75, 3.05) is 5.73 Å². The van der Waals surface area contributed by atoms with Gasteiger partial charge in [-0.25, -0.2) is 0 Å². The second kappa shape index (κ2) is 4.96. The molecule has 0 saturated heterocycles. The summed E-state index contributed by atoms with van der Waals surface area (Å²) >= 11 is 5.99. The molecule has 2 N–H and O–H groups in total. The first kappa shape index (κ1) is 15.2. The number of hydrogen-bond donors (Lipinski definition) is 1. The van der Waals surface area contributed by atoms with Gasteiger partial charge in [-0.15, -0.1) is 0 Å². The zero-order valence-electron chi connectivity index (χ0n) is 12.5. The van der Waals surface area contributed by atoms with Gasteiger partial charge in [0.25, 0.3) is 0 Å². The molecule has 4 heteroatoms. The number of benzene rings is 1. The molecule has 2 unspecified atom stereocenters. The van der Waals surface area contributed by atoms with E-state index in [1.807, 2.05) is 12.1 Å². The molecular formula is C16H22ClNO2. The average molecular weight is 296 g/mol. The Kier molecular flexibility index (Phi) is 3.76. The maximum atomic E-state index is 11.6. The summed E-state index contributed by atoms with van der Waals surface area (Å²) in [6.07, 6.45) is 1.87. The van der Waals surface area contributed by atoms with Crippen LogP contribution >= 0.6 is 11.6 Å². The highest BCUT2D eigenvalue weighted by atomic mass is 35.5. The first-order chi connectivity index (χ1) is 9.17. The fraction of sp³-hybridized carbons (Fsp3) is 0.562. The van der Waals surface area contributed by atoms with E-state index < -0.39 is 5.60 Å². The van der Waals surface area contributed by atoms with E-state index in [0.29, 0.717) is 10.7 Å². The van der Waals surface area contributed by atoms with E-state index in [2.05, 4.69) is 20.8 Å². The fourth-order valence-electron chi connectivity index (χ4n) is 3.27. The maximum Gasteiger partial charge on any atom is 0.303 e. The van der Waals surface area contributed by atoms with E-state index in [4.69, 9.17) is 22.1 Å². The van der Waals surface area contributed by atoms with Gasteiger partial charge in [0, 0.05) is 12.8 Å². The van der Waals surface area contributed by atoms with Crippen LogP contribution < -0.4 is 5.73 Å². The SMILES string of the molecule is CC(=O)OC1(c2ccc(Cl)c(N)c2)CCC1C(C)(C)C. The summed E-state index contributed by atoms with van der Waals surface area (Å²) in [7, 11) is 0. The van der Waals surface area contributed by atoms with Crippen molar-refractivity contribution in [3.05, 3.63) is 28.8 Å². The summed E-state index contributed by atoms with van der Waals surface area (Å²) in [6, 6.07) is 5.53. The van der Waals surface area contributed by atoms with Gasteiger partial charge in [-0.05, 0) is 36.0 Å². The van der Waals surface area contributed by atoms with E-state index in [0.717, 1.165) is 18.4 Å². The lowest BCUT2D eigenvalue weighted by Crippen LogP contribution is -2.53. The number of carbonyl (C=O) groups excluding carboxylic acids is 1. The summed E-state index contributed by atoms with van der Waals surface area (Å²) in [5.41, 5.74) is 6.87. The van der Waals surface area contributed by atoms with Crippen LogP contribution in [0.3, 0.4) is 0 Å². The Morgan fingerprint density at radius 3 is 2.50 bits per heavy atom. The third-order valence-corrected chi connectivity index (χ3v) is 4.57. The molecule has 1 aliphatic carbocycles. The number of carbonyl (C=O) groups is 1. The summed E-state index contributed by atoms with van der Waals surface area (Å²) in [6.45, 7) is 7.98. The lowest BCUT2D eigenvalue weighted by molar-refractivity contribution is -0.197.